The zero-order valence-corrected chi connectivity index (χ0v) is 10.4. The third-order valence-electron chi connectivity index (χ3n) is 2.29. The van der Waals surface area contributed by atoms with Gasteiger partial charge in [0.2, 0.25) is 5.96 Å². The second kappa shape index (κ2) is 6.95. The van der Waals surface area contributed by atoms with Gasteiger partial charge in [0, 0.05) is 11.3 Å². The molecule has 0 amide bonds. The van der Waals surface area contributed by atoms with Gasteiger partial charge in [0.15, 0.2) is 0 Å². The van der Waals surface area contributed by atoms with Crippen LogP contribution in [0.2, 0.25) is 0 Å². The van der Waals surface area contributed by atoms with Gasteiger partial charge < -0.3 is 5.32 Å². The first-order valence-electron chi connectivity index (χ1n) is 5.61. The van der Waals surface area contributed by atoms with E-state index < -0.39 is 0 Å². The molecule has 1 rings (SSSR count). The molecule has 0 spiro atoms. The number of nitrogens with one attached hydrogen (secondary N) is 2. The summed E-state index contributed by atoms with van der Waals surface area (Å²) in [7, 11) is 0. The van der Waals surface area contributed by atoms with Gasteiger partial charge in [0.25, 0.3) is 0 Å². The molecule has 0 aromatic rings. The average molecular weight is 230 g/mol. The standard InChI is InChI=1S/C10H22N4S/c1-8(2)13-10(14-11)12-7-9-5-3-4-6-15-9/h8-9H,3-7,11H2,1-2H3,(H2,12,13,14). The molecule has 1 atom stereocenters. The van der Waals surface area contributed by atoms with Crippen molar-refractivity contribution in [1.29, 1.82) is 0 Å². The molecule has 0 aromatic heterocycles. The SMILES string of the molecule is CC(C)NC(=NCC1CCCCS1)NN. The predicted octanol–water partition coefficient (Wildman–Crippen LogP) is 1.09. The van der Waals surface area contributed by atoms with Crippen molar-refractivity contribution in [2.45, 2.75) is 44.4 Å². The summed E-state index contributed by atoms with van der Waals surface area (Å²) in [6.07, 6.45) is 3.99. The van der Waals surface area contributed by atoms with Gasteiger partial charge in [-0.25, -0.2) is 5.84 Å². The van der Waals surface area contributed by atoms with Gasteiger partial charge in [-0.05, 0) is 32.4 Å². The van der Waals surface area contributed by atoms with E-state index in [1.54, 1.807) is 0 Å². The van der Waals surface area contributed by atoms with Crippen molar-refractivity contribution in [1.82, 2.24) is 10.7 Å². The monoisotopic (exact) mass is 230 g/mol. The highest BCUT2D eigenvalue weighted by Gasteiger charge is 2.13. The molecule has 1 aliphatic heterocycles. The molecule has 0 bridgehead atoms. The zero-order chi connectivity index (χ0) is 11.1. The normalized spacial score (nSPS) is 22.9. The first-order chi connectivity index (χ1) is 7.22. The molecular formula is C10H22N4S. The Labute approximate surface area is 96.4 Å². The molecule has 1 unspecified atom stereocenters. The number of thioether (sulfide) groups is 1. The lowest BCUT2D eigenvalue weighted by molar-refractivity contribution is 0.658. The number of hydrogen-bond donors (Lipinski definition) is 3. The van der Waals surface area contributed by atoms with Crippen LogP contribution in [0.3, 0.4) is 0 Å². The van der Waals surface area contributed by atoms with E-state index in [1.807, 2.05) is 11.8 Å². The number of nitrogens with zero attached hydrogens (tertiary/aromatic N) is 1. The van der Waals surface area contributed by atoms with E-state index in [1.165, 1.54) is 25.0 Å². The highest BCUT2D eigenvalue weighted by atomic mass is 32.2. The lowest BCUT2D eigenvalue weighted by Gasteiger charge is -2.20. The van der Waals surface area contributed by atoms with Crippen molar-refractivity contribution in [3.8, 4) is 0 Å². The Kier molecular flexibility index (Phi) is 5.86. The highest BCUT2D eigenvalue weighted by Crippen LogP contribution is 2.24. The number of hydrogen-bond acceptors (Lipinski definition) is 3. The first-order valence-corrected chi connectivity index (χ1v) is 6.66. The van der Waals surface area contributed by atoms with E-state index in [4.69, 9.17) is 5.84 Å². The Morgan fingerprint density at radius 3 is 2.87 bits per heavy atom. The fourth-order valence-corrected chi connectivity index (χ4v) is 2.77. The number of hydrazine groups is 1. The molecule has 1 saturated heterocycles. The number of guanidine groups is 1. The summed E-state index contributed by atoms with van der Waals surface area (Å²) in [6.45, 7) is 5.01. The smallest absolute Gasteiger partial charge is 0.205 e. The minimum atomic E-state index is 0.360. The van der Waals surface area contributed by atoms with Crippen LogP contribution in [-0.2, 0) is 0 Å². The predicted molar refractivity (Wildman–Crippen MR) is 68.0 cm³/mol. The van der Waals surface area contributed by atoms with Crippen LogP contribution >= 0.6 is 11.8 Å². The van der Waals surface area contributed by atoms with E-state index in [0.29, 0.717) is 17.3 Å². The molecule has 0 saturated carbocycles. The lowest BCUT2D eigenvalue weighted by atomic mass is 10.2. The average Bonchev–Trinajstić information content (AvgIpc) is 2.25. The largest absolute Gasteiger partial charge is 0.353 e. The van der Waals surface area contributed by atoms with Gasteiger partial charge in [-0.15, -0.1) is 0 Å². The van der Waals surface area contributed by atoms with Gasteiger partial charge in [0.05, 0.1) is 6.54 Å². The Hall–Kier alpha value is -0.420. The molecular weight excluding hydrogens is 208 g/mol. The molecule has 0 aromatic carbocycles. The molecule has 1 heterocycles. The Balaban J connectivity index is 2.31. The molecule has 1 aliphatic rings. The maximum Gasteiger partial charge on any atom is 0.205 e. The van der Waals surface area contributed by atoms with Gasteiger partial charge in [-0.1, -0.05) is 6.42 Å². The van der Waals surface area contributed by atoms with Gasteiger partial charge in [-0.3, -0.25) is 10.4 Å². The molecule has 1 fully saturated rings. The maximum atomic E-state index is 5.39. The Morgan fingerprint density at radius 2 is 2.33 bits per heavy atom. The van der Waals surface area contributed by atoms with E-state index in [2.05, 4.69) is 29.6 Å². The van der Waals surface area contributed by atoms with Gasteiger partial charge >= 0.3 is 0 Å². The molecule has 4 nitrogen and oxygen atoms in total. The second-order valence-corrected chi connectivity index (χ2v) is 5.53. The lowest BCUT2D eigenvalue weighted by Crippen LogP contribution is -2.45. The summed E-state index contributed by atoms with van der Waals surface area (Å²) in [5, 5.41) is 3.85. The Morgan fingerprint density at radius 1 is 1.53 bits per heavy atom. The third-order valence-corrected chi connectivity index (χ3v) is 3.67. The number of aliphatic imine (C=N–C) groups is 1. The van der Waals surface area contributed by atoms with Crippen molar-refractivity contribution in [3.63, 3.8) is 0 Å². The van der Waals surface area contributed by atoms with Crippen molar-refractivity contribution < 1.29 is 0 Å². The van der Waals surface area contributed by atoms with Crippen LogP contribution in [0.4, 0.5) is 0 Å². The van der Waals surface area contributed by atoms with Gasteiger partial charge in [-0.2, -0.15) is 11.8 Å². The fraction of sp³-hybridized carbons (Fsp3) is 0.900. The fourth-order valence-electron chi connectivity index (χ4n) is 1.55. The van der Waals surface area contributed by atoms with Crippen LogP contribution in [0, 0.1) is 0 Å². The number of nitrogens with two attached hydrogens (primary N) is 1. The van der Waals surface area contributed by atoms with Crippen LogP contribution in [-0.4, -0.2) is 29.5 Å². The van der Waals surface area contributed by atoms with Crippen molar-refractivity contribution >= 4 is 17.7 Å². The van der Waals surface area contributed by atoms with Crippen molar-refractivity contribution in [2.24, 2.45) is 10.8 Å². The molecule has 88 valence electrons. The summed E-state index contributed by atoms with van der Waals surface area (Å²) < 4.78 is 0. The minimum absolute atomic E-state index is 0.360. The summed E-state index contributed by atoms with van der Waals surface area (Å²) in [4.78, 5) is 4.45. The summed E-state index contributed by atoms with van der Waals surface area (Å²) in [6, 6.07) is 0.360. The van der Waals surface area contributed by atoms with Crippen LogP contribution in [0.1, 0.15) is 33.1 Å². The second-order valence-electron chi connectivity index (χ2n) is 4.12. The van der Waals surface area contributed by atoms with E-state index in [0.717, 1.165) is 6.54 Å². The van der Waals surface area contributed by atoms with Crippen molar-refractivity contribution in [3.05, 3.63) is 0 Å². The van der Waals surface area contributed by atoms with E-state index in [9.17, 15) is 0 Å². The molecule has 0 radical (unpaired) electrons. The Bertz CT molecular complexity index is 200. The van der Waals surface area contributed by atoms with Crippen molar-refractivity contribution in [2.75, 3.05) is 12.3 Å². The van der Waals surface area contributed by atoms with E-state index >= 15 is 0 Å². The van der Waals surface area contributed by atoms with Gasteiger partial charge in [0.1, 0.15) is 0 Å². The van der Waals surface area contributed by atoms with Crippen LogP contribution < -0.4 is 16.6 Å². The molecule has 15 heavy (non-hydrogen) atoms. The summed E-state index contributed by atoms with van der Waals surface area (Å²) >= 11 is 2.03. The first kappa shape index (κ1) is 12.6. The quantitative estimate of drug-likeness (QED) is 0.294. The van der Waals surface area contributed by atoms with Crippen LogP contribution in [0.15, 0.2) is 4.99 Å². The summed E-state index contributed by atoms with van der Waals surface area (Å²) in [5.41, 5.74) is 2.60. The maximum absolute atomic E-state index is 5.39. The topological polar surface area (TPSA) is 62.4 Å². The third kappa shape index (κ3) is 5.28. The van der Waals surface area contributed by atoms with Crippen LogP contribution in [0.25, 0.3) is 0 Å². The highest BCUT2D eigenvalue weighted by molar-refractivity contribution is 7.99. The molecule has 0 aliphatic carbocycles. The molecule has 4 N–H and O–H groups in total. The molecule has 5 heteroatoms. The number of rotatable bonds is 3. The van der Waals surface area contributed by atoms with Crippen LogP contribution in [0.5, 0.6) is 0 Å². The van der Waals surface area contributed by atoms with E-state index in [-0.39, 0.29) is 0 Å². The summed E-state index contributed by atoms with van der Waals surface area (Å²) in [5.74, 6) is 7.37. The minimum Gasteiger partial charge on any atom is -0.353 e. The zero-order valence-electron chi connectivity index (χ0n) is 9.62.